The molecule has 0 aromatic heterocycles. The molecule has 4 saturated carbocycles. The number of carbonyl (C=O) groups excluding carboxylic acids is 2. The van der Waals surface area contributed by atoms with Gasteiger partial charge in [0.05, 0.1) is 6.04 Å². The predicted octanol–water partition coefficient (Wildman–Crippen LogP) is 5.49. The number of amides is 1. The maximum atomic E-state index is 13.4. The summed E-state index contributed by atoms with van der Waals surface area (Å²) in [7, 11) is 0. The Labute approximate surface area is 209 Å². The fourth-order valence-electron chi connectivity index (χ4n) is 8.21. The molecule has 1 aliphatic heterocycles. The molecule has 0 unspecified atom stereocenters. The van der Waals surface area contributed by atoms with Gasteiger partial charge < -0.3 is 4.90 Å². The van der Waals surface area contributed by atoms with Crippen LogP contribution in [-0.4, -0.2) is 47.7 Å². The molecule has 0 N–H and O–H groups in total. The zero-order valence-corrected chi connectivity index (χ0v) is 20.8. The molecule has 184 valence electrons. The number of carbonyl (C=O) groups is 2. The quantitative estimate of drug-likeness (QED) is 0.538. The van der Waals surface area contributed by atoms with E-state index in [1.807, 2.05) is 4.90 Å². The minimum absolute atomic E-state index is 0.0771. The number of rotatable bonds is 7. The van der Waals surface area contributed by atoms with E-state index >= 15 is 0 Å². The molecule has 2 aromatic rings. The largest absolute Gasteiger partial charge is 0.340 e. The summed E-state index contributed by atoms with van der Waals surface area (Å²) in [5.74, 6) is 2.89. The third-order valence-electron chi connectivity index (χ3n) is 9.46. The molecular weight excluding hydrogens is 432 g/mol. The van der Waals surface area contributed by atoms with E-state index < -0.39 is 0 Å². The van der Waals surface area contributed by atoms with Gasteiger partial charge in [0.1, 0.15) is 5.78 Å². The first-order valence-corrected chi connectivity index (χ1v) is 13.7. The molecule has 5 aliphatic rings. The monoisotopic (exact) mass is 470 g/mol. The highest BCUT2D eigenvalue weighted by atomic mass is 16.2. The number of piperazine rings is 1. The van der Waals surface area contributed by atoms with Gasteiger partial charge in [0, 0.05) is 44.4 Å². The zero-order chi connectivity index (χ0) is 23.8. The molecule has 0 spiro atoms. The van der Waals surface area contributed by atoms with E-state index in [4.69, 9.17) is 0 Å². The molecule has 4 heteroatoms. The highest BCUT2D eigenvalue weighted by Crippen LogP contribution is 2.60. The maximum Gasteiger partial charge on any atom is 0.223 e. The second-order valence-corrected chi connectivity index (χ2v) is 11.8. The Morgan fingerprint density at radius 3 is 1.69 bits per heavy atom. The maximum absolute atomic E-state index is 13.4. The Balaban J connectivity index is 1.06. The number of hydrogen-bond acceptors (Lipinski definition) is 3. The Morgan fingerprint density at radius 1 is 0.714 bits per heavy atom. The molecule has 35 heavy (non-hydrogen) atoms. The molecule has 7 rings (SSSR count). The Morgan fingerprint density at radius 2 is 1.20 bits per heavy atom. The summed E-state index contributed by atoms with van der Waals surface area (Å²) >= 11 is 0. The Hall–Kier alpha value is -2.46. The van der Waals surface area contributed by atoms with E-state index in [0.717, 1.165) is 63.2 Å². The van der Waals surface area contributed by atoms with Crippen LogP contribution in [0.1, 0.15) is 68.5 Å². The molecular formula is C31H38N2O2. The number of Topliss-reactive ketones (excluding diaryl/α,β-unsaturated/α-hetero) is 1. The molecule has 4 nitrogen and oxygen atoms in total. The van der Waals surface area contributed by atoms with Crippen molar-refractivity contribution in [3.05, 3.63) is 71.8 Å². The van der Waals surface area contributed by atoms with Crippen LogP contribution >= 0.6 is 0 Å². The number of benzene rings is 2. The van der Waals surface area contributed by atoms with E-state index in [1.165, 1.54) is 30.4 Å². The average molecular weight is 471 g/mol. The lowest BCUT2D eigenvalue weighted by Crippen LogP contribution is -2.51. The van der Waals surface area contributed by atoms with E-state index in [2.05, 4.69) is 65.6 Å². The molecule has 0 atom stereocenters. The van der Waals surface area contributed by atoms with E-state index in [0.29, 0.717) is 18.6 Å². The topological polar surface area (TPSA) is 40.6 Å². The van der Waals surface area contributed by atoms with Crippen molar-refractivity contribution in [2.75, 3.05) is 26.2 Å². The molecule has 2 aromatic carbocycles. The summed E-state index contributed by atoms with van der Waals surface area (Å²) in [5, 5.41) is 0. The van der Waals surface area contributed by atoms with Crippen molar-refractivity contribution < 1.29 is 9.59 Å². The summed E-state index contributed by atoms with van der Waals surface area (Å²) in [6.07, 6.45) is 8.19. The standard InChI is InChI=1S/C31H38N2O2/c34-28(31-20-23-17-24(21-31)19-25(18-23)22-31)11-12-29(35)32-13-15-33(16-14-32)30(26-7-3-1-4-8-26)27-9-5-2-6-10-27/h1-10,23-25,30H,11-22H2. The molecule has 1 heterocycles. The Kier molecular flexibility index (Phi) is 6.26. The van der Waals surface area contributed by atoms with Crippen molar-refractivity contribution in [2.45, 2.75) is 57.4 Å². The summed E-state index contributed by atoms with van der Waals surface area (Å²) in [6, 6.07) is 21.5. The number of nitrogens with zero attached hydrogens (tertiary/aromatic N) is 2. The average Bonchev–Trinajstić information content (AvgIpc) is 2.88. The highest BCUT2D eigenvalue weighted by molar-refractivity contribution is 5.89. The summed E-state index contributed by atoms with van der Waals surface area (Å²) < 4.78 is 0. The van der Waals surface area contributed by atoms with E-state index in [1.54, 1.807) is 0 Å². The molecule has 1 saturated heterocycles. The van der Waals surface area contributed by atoms with E-state index in [-0.39, 0.29) is 17.4 Å². The molecule has 1 amide bonds. The first-order valence-electron chi connectivity index (χ1n) is 13.7. The summed E-state index contributed by atoms with van der Waals surface area (Å²) in [5.41, 5.74) is 2.51. The van der Waals surface area contributed by atoms with Crippen LogP contribution in [0.4, 0.5) is 0 Å². The normalized spacial score (nSPS) is 30.1. The molecule has 4 bridgehead atoms. The van der Waals surface area contributed by atoms with Crippen LogP contribution in [0, 0.1) is 23.2 Å². The minimum atomic E-state index is -0.0771. The second kappa shape index (κ2) is 9.54. The van der Waals surface area contributed by atoms with Crippen molar-refractivity contribution in [2.24, 2.45) is 23.2 Å². The number of hydrogen-bond donors (Lipinski definition) is 0. The zero-order valence-electron chi connectivity index (χ0n) is 20.8. The van der Waals surface area contributed by atoms with Crippen LogP contribution in [0.2, 0.25) is 0 Å². The van der Waals surface area contributed by atoms with Crippen molar-refractivity contribution in [1.29, 1.82) is 0 Å². The smallest absolute Gasteiger partial charge is 0.223 e. The van der Waals surface area contributed by atoms with Crippen LogP contribution in [0.25, 0.3) is 0 Å². The van der Waals surface area contributed by atoms with Crippen molar-refractivity contribution in [3.63, 3.8) is 0 Å². The fourth-order valence-corrected chi connectivity index (χ4v) is 8.21. The van der Waals surface area contributed by atoms with Crippen LogP contribution in [0.15, 0.2) is 60.7 Å². The van der Waals surface area contributed by atoms with Gasteiger partial charge in [-0.05, 0) is 67.4 Å². The summed E-state index contributed by atoms with van der Waals surface area (Å²) in [6.45, 7) is 3.17. The van der Waals surface area contributed by atoms with Crippen LogP contribution in [0.3, 0.4) is 0 Å². The van der Waals surface area contributed by atoms with Crippen molar-refractivity contribution in [1.82, 2.24) is 9.80 Å². The van der Waals surface area contributed by atoms with Gasteiger partial charge in [-0.25, -0.2) is 0 Å². The molecule has 5 fully saturated rings. The Bertz CT molecular complexity index is 967. The third kappa shape index (κ3) is 4.58. The highest BCUT2D eigenvalue weighted by Gasteiger charge is 2.54. The minimum Gasteiger partial charge on any atom is -0.340 e. The third-order valence-corrected chi connectivity index (χ3v) is 9.46. The second-order valence-electron chi connectivity index (χ2n) is 11.8. The van der Waals surface area contributed by atoms with Crippen LogP contribution in [-0.2, 0) is 9.59 Å². The first kappa shape index (κ1) is 23.0. The van der Waals surface area contributed by atoms with E-state index in [9.17, 15) is 9.59 Å². The van der Waals surface area contributed by atoms with Gasteiger partial charge in [0.15, 0.2) is 0 Å². The predicted molar refractivity (Wildman–Crippen MR) is 138 cm³/mol. The lowest BCUT2D eigenvalue weighted by atomic mass is 9.48. The lowest BCUT2D eigenvalue weighted by molar-refractivity contribution is -0.146. The SMILES string of the molecule is O=C(CCC(=O)C12CC3CC(CC(C3)C1)C2)N1CCN(C(c2ccccc2)c2ccccc2)CC1. The van der Waals surface area contributed by atoms with Crippen LogP contribution in [0.5, 0.6) is 0 Å². The fraction of sp³-hybridized carbons (Fsp3) is 0.548. The molecule has 4 aliphatic carbocycles. The lowest BCUT2D eigenvalue weighted by Gasteiger charge is -2.56. The van der Waals surface area contributed by atoms with Gasteiger partial charge in [-0.1, -0.05) is 60.7 Å². The van der Waals surface area contributed by atoms with Crippen LogP contribution < -0.4 is 0 Å². The van der Waals surface area contributed by atoms with Gasteiger partial charge in [-0.2, -0.15) is 0 Å². The van der Waals surface area contributed by atoms with Crippen molar-refractivity contribution >= 4 is 11.7 Å². The van der Waals surface area contributed by atoms with Gasteiger partial charge >= 0.3 is 0 Å². The van der Waals surface area contributed by atoms with Crippen molar-refractivity contribution in [3.8, 4) is 0 Å². The van der Waals surface area contributed by atoms with Gasteiger partial charge in [0.25, 0.3) is 0 Å². The first-order chi connectivity index (χ1) is 17.1. The van der Waals surface area contributed by atoms with Gasteiger partial charge in [-0.15, -0.1) is 0 Å². The van der Waals surface area contributed by atoms with Gasteiger partial charge in [0.2, 0.25) is 5.91 Å². The summed E-state index contributed by atoms with van der Waals surface area (Å²) in [4.78, 5) is 31.0. The number of ketones is 1. The molecule has 0 radical (unpaired) electrons. The van der Waals surface area contributed by atoms with Gasteiger partial charge in [-0.3, -0.25) is 14.5 Å².